The summed E-state index contributed by atoms with van der Waals surface area (Å²) in [6.07, 6.45) is 0.253. The SMILES string of the molecule is C[C@@H]1CN(N=O)C[C@H](C)O1. The third kappa shape index (κ3) is 1.67. The first-order chi connectivity index (χ1) is 4.72. The summed E-state index contributed by atoms with van der Waals surface area (Å²) in [4.78, 5) is 10.1. The van der Waals surface area contributed by atoms with Gasteiger partial charge in [-0.1, -0.05) is 0 Å². The molecule has 0 bridgehead atoms. The molecule has 0 radical (unpaired) electrons. The van der Waals surface area contributed by atoms with Crippen molar-refractivity contribution in [2.75, 3.05) is 13.1 Å². The minimum atomic E-state index is 0.126. The molecule has 1 fully saturated rings. The van der Waals surface area contributed by atoms with E-state index in [0.717, 1.165) is 0 Å². The van der Waals surface area contributed by atoms with E-state index in [1.165, 1.54) is 5.01 Å². The van der Waals surface area contributed by atoms with Crippen LogP contribution in [0.1, 0.15) is 13.8 Å². The zero-order valence-electron chi connectivity index (χ0n) is 6.28. The van der Waals surface area contributed by atoms with Gasteiger partial charge in [0.05, 0.1) is 30.6 Å². The number of morpholine rings is 1. The van der Waals surface area contributed by atoms with E-state index >= 15 is 0 Å². The molecule has 0 aliphatic carbocycles. The van der Waals surface area contributed by atoms with E-state index in [1.807, 2.05) is 13.8 Å². The molecule has 0 aromatic heterocycles. The molecule has 1 aliphatic rings. The largest absolute Gasteiger partial charge is 0.372 e. The van der Waals surface area contributed by atoms with Gasteiger partial charge in [0.15, 0.2) is 0 Å². The molecule has 4 nitrogen and oxygen atoms in total. The van der Waals surface area contributed by atoms with Crippen LogP contribution < -0.4 is 0 Å². The van der Waals surface area contributed by atoms with Crippen molar-refractivity contribution >= 4 is 0 Å². The molecule has 0 aromatic rings. The van der Waals surface area contributed by atoms with Crippen LogP contribution in [0.4, 0.5) is 0 Å². The quantitative estimate of drug-likeness (QED) is 0.510. The van der Waals surface area contributed by atoms with Crippen LogP contribution in [0.2, 0.25) is 0 Å². The third-order valence-electron chi connectivity index (χ3n) is 1.52. The summed E-state index contributed by atoms with van der Waals surface area (Å²) in [6.45, 7) is 5.11. The van der Waals surface area contributed by atoms with Gasteiger partial charge in [-0.2, -0.15) is 0 Å². The van der Waals surface area contributed by atoms with Gasteiger partial charge in [0, 0.05) is 0 Å². The second-order valence-corrected chi connectivity index (χ2v) is 2.71. The monoisotopic (exact) mass is 144 g/mol. The smallest absolute Gasteiger partial charge is 0.0744 e. The van der Waals surface area contributed by atoms with E-state index in [-0.39, 0.29) is 12.2 Å². The lowest BCUT2D eigenvalue weighted by molar-refractivity contribution is -0.0680. The Morgan fingerprint density at radius 1 is 1.40 bits per heavy atom. The van der Waals surface area contributed by atoms with Crippen molar-refractivity contribution in [2.45, 2.75) is 26.1 Å². The van der Waals surface area contributed by atoms with Crippen LogP contribution in [0.25, 0.3) is 0 Å². The van der Waals surface area contributed by atoms with Gasteiger partial charge in [0.2, 0.25) is 0 Å². The highest BCUT2D eigenvalue weighted by Crippen LogP contribution is 2.09. The number of nitroso groups, excluding NO2 is 1. The topological polar surface area (TPSA) is 41.9 Å². The van der Waals surface area contributed by atoms with Gasteiger partial charge in [0.1, 0.15) is 0 Å². The first kappa shape index (κ1) is 7.47. The lowest BCUT2D eigenvalue weighted by Crippen LogP contribution is -2.42. The normalized spacial score (nSPS) is 34.0. The maximum Gasteiger partial charge on any atom is 0.0744 e. The number of hydrogen-bond acceptors (Lipinski definition) is 3. The maximum absolute atomic E-state index is 10.1. The Labute approximate surface area is 60.1 Å². The van der Waals surface area contributed by atoms with E-state index in [1.54, 1.807) is 0 Å². The summed E-state index contributed by atoms with van der Waals surface area (Å²) in [5.74, 6) is 0. The molecule has 1 heterocycles. The molecule has 1 saturated heterocycles. The van der Waals surface area contributed by atoms with E-state index in [2.05, 4.69) is 5.29 Å². The molecule has 58 valence electrons. The molecule has 10 heavy (non-hydrogen) atoms. The molecule has 0 unspecified atom stereocenters. The lowest BCUT2D eigenvalue weighted by atomic mass is 10.3. The van der Waals surface area contributed by atoms with Gasteiger partial charge < -0.3 is 4.74 Å². The van der Waals surface area contributed by atoms with Gasteiger partial charge in [-0.05, 0) is 13.8 Å². The van der Waals surface area contributed by atoms with E-state index < -0.39 is 0 Å². The van der Waals surface area contributed by atoms with Gasteiger partial charge in [0.25, 0.3) is 0 Å². The maximum atomic E-state index is 10.1. The van der Waals surface area contributed by atoms with Crippen LogP contribution in [0.5, 0.6) is 0 Å². The van der Waals surface area contributed by atoms with Gasteiger partial charge >= 0.3 is 0 Å². The summed E-state index contributed by atoms with van der Waals surface area (Å²) in [5, 5.41) is 4.35. The van der Waals surface area contributed by atoms with Crippen LogP contribution in [0.3, 0.4) is 0 Å². The minimum Gasteiger partial charge on any atom is -0.372 e. The average molecular weight is 144 g/mol. The van der Waals surface area contributed by atoms with Crippen molar-refractivity contribution in [2.24, 2.45) is 5.29 Å². The van der Waals surface area contributed by atoms with E-state index in [9.17, 15) is 4.91 Å². The van der Waals surface area contributed by atoms with Crippen LogP contribution in [-0.4, -0.2) is 30.3 Å². The fraction of sp³-hybridized carbons (Fsp3) is 1.00. The van der Waals surface area contributed by atoms with Crippen LogP contribution in [0, 0.1) is 4.91 Å². The molecule has 0 N–H and O–H groups in total. The number of ether oxygens (including phenoxy) is 1. The highest BCUT2D eigenvalue weighted by atomic mass is 16.5. The Bertz CT molecular complexity index is 119. The number of hydrogen-bond donors (Lipinski definition) is 0. The standard InChI is InChI=1S/C6H12N2O2/c1-5-3-8(7-9)4-6(2)10-5/h5-6H,3-4H2,1-2H3/t5-,6+. The first-order valence-corrected chi connectivity index (χ1v) is 3.46. The van der Waals surface area contributed by atoms with Crippen LogP contribution in [-0.2, 0) is 4.74 Å². The van der Waals surface area contributed by atoms with Crippen molar-refractivity contribution in [3.63, 3.8) is 0 Å². The van der Waals surface area contributed by atoms with Crippen LogP contribution in [0.15, 0.2) is 5.29 Å². The Morgan fingerprint density at radius 3 is 2.30 bits per heavy atom. The Balaban J connectivity index is 2.42. The average Bonchev–Trinajstić information content (AvgIpc) is 1.85. The predicted molar refractivity (Wildman–Crippen MR) is 37.4 cm³/mol. The molecule has 0 saturated carbocycles. The summed E-state index contributed by atoms with van der Waals surface area (Å²) in [6, 6.07) is 0. The van der Waals surface area contributed by atoms with Crippen molar-refractivity contribution in [3.05, 3.63) is 4.91 Å². The van der Waals surface area contributed by atoms with Crippen LogP contribution >= 0.6 is 0 Å². The van der Waals surface area contributed by atoms with Crippen molar-refractivity contribution in [1.29, 1.82) is 0 Å². The summed E-state index contributed by atoms with van der Waals surface area (Å²) < 4.78 is 5.38. The highest BCUT2D eigenvalue weighted by Gasteiger charge is 2.21. The lowest BCUT2D eigenvalue weighted by Gasteiger charge is -2.30. The van der Waals surface area contributed by atoms with Crippen molar-refractivity contribution in [3.8, 4) is 0 Å². The highest BCUT2D eigenvalue weighted by molar-refractivity contribution is 4.69. The van der Waals surface area contributed by atoms with Gasteiger partial charge in [-0.15, -0.1) is 4.91 Å². The van der Waals surface area contributed by atoms with Gasteiger partial charge in [-0.3, -0.25) is 5.01 Å². The summed E-state index contributed by atoms with van der Waals surface area (Å²) in [5.41, 5.74) is 0. The molecule has 0 spiro atoms. The molecular formula is C6H12N2O2. The van der Waals surface area contributed by atoms with Gasteiger partial charge in [-0.25, -0.2) is 0 Å². The van der Waals surface area contributed by atoms with Crippen molar-refractivity contribution < 1.29 is 4.74 Å². The molecule has 0 amide bonds. The Morgan fingerprint density at radius 2 is 1.90 bits per heavy atom. The number of nitrogens with zero attached hydrogens (tertiary/aromatic N) is 2. The molecule has 0 aromatic carbocycles. The predicted octanol–water partition coefficient (Wildman–Crippen LogP) is 0.777. The summed E-state index contributed by atoms with van der Waals surface area (Å²) >= 11 is 0. The minimum absolute atomic E-state index is 0.126. The number of rotatable bonds is 1. The molecule has 1 aliphatic heterocycles. The third-order valence-corrected chi connectivity index (χ3v) is 1.52. The molecular weight excluding hydrogens is 132 g/mol. The molecule has 4 heteroatoms. The second kappa shape index (κ2) is 2.96. The van der Waals surface area contributed by atoms with E-state index in [4.69, 9.17) is 4.74 Å². The van der Waals surface area contributed by atoms with E-state index in [0.29, 0.717) is 13.1 Å². The second-order valence-electron chi connectivity index (χ2n) is 2.71. The summed E-state index contributed by atoms with van der Waals surface area (Å²) in [7, 11) is 0. The zero-order valence-corrected chi connectivity index (χ0v) is 6.28. The molecule has 1 rings (SSSR count). The first-order valence-electron chi connectivity index (χ1n) is 3.46. The Kier molecular flexibility index (Phi) is 2.21. The zero-order chi connectivity index (χ0) is 7.56. The fourth-order valence-corrected chi connectivity index (χ4v) is 1.22. The fourth-order valence-electron chi connectivity index (χ4n) is 1.22. The Hall–Kier alpha value is -0.640. The van der Waals surface area contributed by atoms with Crippen molar-refractivity contribution in [1.82, 2.24) is 5.01 Å². The molecule has 2 atom stereocenters.